The summed E-state index contributed by atoms with van der Waals surface area (Å²) < 4.78 is 4.76. The maximum atomic E-state index is 9.70. The monoisotopic (exact) mass is 538 g/mol. The number of aryl methyl sites for hydroxylation is 1. The van der Waals surface area contributed by atoms with Crippen LogP contribution >= 0.6 is 0 Å². The summed E-state index contributed by atoms with van der Waals surface area (Å²) in [7, 11) is 0. The van der Waals surface area contributed by atoms with Crippen LogP contribution in [0.25, 0.3) is 50.2 Å². The van der Waals surface area contributed by atoms with Crippen molar-refractivity contribution in [2.24, 2.45) is 0 Å². The molecule has 2 aliphatic carbocycles. The number of hydrogen-bond acceptors (Lipinski definition) is 2. The van der Waals surface area contributed by atoms with Crippen molar-refractivity contribution in [3.8, 4) is 17.8 Å². The number of hydrogen-bond donors (Lipinski definition) is 0. The summed E-state index contributed by atoms with van der Waals surface area (Å²) in [5.74, 6) is 0.103. The molecule has 4 aromatic carbocycles. The number of para-hydroxylation sites is 2. The molecule has 42 heavy (non-hydrogen) atoms. The van der Waals surface area contributed by atoms with Crippen molar-refractivity contribution < 1.29 is 0 Å². The zero-order valence-corrected chi connectivity index (χ0v) is 23.0. The van der Waals surface area contributed by atoms with Crippen LogP contribution in [0.15, 0.2) is 109 Å². The van der Waals surface area contributed by atoms with Gasteiger partial charge in [-0.1, -0.05) is 60.7 Å². The van der Waals surface area contributed by atoms with E-state index in [1.807, 2.05) is 24.3 Å². The molecular weight excluding hydrogens is 512 g/mol. The average molecular weight is 539 g/mol. The van der Waals surface area contributed by atoms with Crippen molar-refractivity contribution in [3.05, 3.63) is 137 Å². The van der Waals surface area contributed by atoms with Crippen molar-refractivity contribution in [3.63, 3.8) is 0 Å². The van der Waals surface area contributed by atoms with E-state index >= 15 is 0 Å². The van der Waals surface area contributed by atoms with Gasteiger partial charge in [-0.15, -0.1) is 0 Å². The Bertz CT molecular complexity index is 2250. The molecule has 0 saturated heterocycles. The number of aromatic nitrogens is 2. The van der Waals surface area contributed by atoms with Crippen LogP contribution in [0.5, 0.6) is 0 Å². The first-order chi connectivity index (χ1) is 20.8. The van der Waals surface area contributed by atoms with Crippen LogP contribution in [0.2, 0.25) is 0 Å². The molecule has 0 saturated carbocycles. The molecule has 4 heteroatoms. The number of nitriles is 2. The van der Waals surface area contributed by atoms with Crippen molar-refractivity contribution >= 4 is 44.5 Å². The Morgan fingerprint density at radius 3 is 2.43 bits per heavy atom. The third-order valence-electron chi connectivity index (χ3n) is 8.80. The molecule has 198 valence electrons. The van der Waals surface area contributed by atoms with E-state index in [9.17, 15) is 10.5 Å². The van der Waals surface area contributed by atoms with Gasteiger partial charge in [-0.3, -0.25) is 0 Å². The lowest BCUT2D eigenvalue weighted by atomic mass is 9.87. The first-order valence-corrected chi connectivity index (χ1v) is 14.4. The van der Waals surface area contributed by atoms with Gasteiger partial charge in [0.15, 0.2) is 0 Å². The van der Waals surface area contributed by atoms with Gasteiger partial charge >= 0.3 is 0 Å². The molecule has 0 radical (unpaired) electrons. The Morgan fingerprint density at radius 1 is 0.714 bits per heavy atom. The minimum Gasteiger partial charge on any atom is -0.313 e. The predicted molar refractivity (Wildman–Crippen MR) is 170 cm³/mol. The summed E-state index contributed by atoms with van der Waals surface area (Å²) in [5.41, 5.74) is 10.8. The molecule has 6 aromatic rings. The lowest BCUT2D eigenvalue weighted by Crippen LogP contribution is -2.13. The van der Waals surface area contributed by atoms with Gasteiger partial charge in [0.05, 0.1) is 39.8 Å². The highest BCUT2D eigenvalue weighted by molar-refractivity contribution is 6.11. The summed E-state index contributed by atoms with van der Waals surface area (Å²) >= 11 is 0. The lowest BCUT2D eigenvalue weighted by Gasteiger charge is -2.27. The number of rotatable bonds is 3. The standard InChI is InChI=1S/C38H26N4/c39-23-25-9-7-10-27(21-25)41-34-16-4-1-11-28(34)31-14-8-15-32(38(31)41)29-12-2-5-17-35(29)42-36-18-6-3-13-30(36)33-22-26(24-40)19-20-37(33)42/h1-2,4-11,14-22,29H,3,12-13H2. The van der Waals surface area contributed by atoms with Gasteiger partial charge < -0.3 is 9.13 Å². The van der Waals surface area contributed by atoms with Crippen LogP contribution in [-0.2, 0) is 6.42 Å². The van der Waals surface area contributed by atoms with Crippen molar-refractivity contribution in [2.75, 3.05) is 0 Å². The van der Waals surface area contributed by atoms with E-state index in [2.05, 4.69) is 112 Å². The highest BCUT2D eigenvalue weighted by Crippen LogP contribution is 2.45. The van der Waals surface area contributed by atoms with E-state index in [0.717, 1.165) is 36.0 Å². The Balaban J connectivity index is 1.42. The molecule has 0 bridgehead atoms. The molecule has 0 amide bonds. The second kappa shape index (κ2) is 9.51. The van der Waals surface area contributed by atoms with E-state index in [1.165, 1.54) is 44.2 Å². The summed E-state index contributed by atoms with van der Waals surface area (Å²) in [5, 5.41) is 22.9. The van der Waals surface area contributed by atoms with E-state index in [4.69, 9.17) is 0 Å². The maximum absolute atomic E-state index is 9.70. The fourth-order valence-corrected chi connectivity index (χ4v) is 7.03. The molecule has 1 unspecified atom stereocenters. The number of allylic oxidation sites excluding steroid dienone is 5. The van der Waals surface area contributed by atoms with Crippen molar-refractivity contribution in [1.82, 2.24) is 9.13 Å². The molecule has 1 atom stereocenters. The van der Waals surface area contributed by atoms with Crippen molar-refractivity contribution in [2.45, 2.75) is 25.2 Å². The molecule has 0 aliphatic heterocycles. The molecule has 0 fully saturated rings. The Labute approximate surface area is 244 Å². The molecule has 4 nitrogen and oxygen atoms in total. The molecule has 0 spiro atoms. The zero-order valence-electron chi connectivity index (χ0n) is 23.0. The van der Waals surface area contributed by atoms with Gasteiger partial charge in [0, 0.05) is 39.2 Å². The topological polar surface area (TPSA) is 57.4 Å². The van der Waals surface area contributed by atoms with Crippen LogP contribution in [0.4, 0.5) is 0 Å². The third-order valence-corrected chi connectivity index (χ3v) is 8.80. The van der Waals surface area contributed by atoms with Gasteiger partial charge in [-0.25, -0.2) is 0 Å². The van der Waals surface area contributed by atoms with Crippen LogP contribution in [-0.4, -0.2) is 9.13 Å². The zero-order chi connectivity index (χ0) is 28.2. The van der Waals surface area contributed by atoms with Crippen LogP contribution < -0.4 is 0 Å². The van der Waals surface area contributed by atoms with E-state index in [1.54, 1.807) is 0 Å². The molecule has 0 N–H and O–H groups in total. The lowest BCUT2D eigenvalue weighted by molar-refractivity contribution is 0.819. The predicted octanol–water partition coefficient (Wildman–Crippen LogP) is 9.03. The minimum absolute atomic E-state index is 0.103. The molecule has 2 heterocycles. The molecule has 2 aliphatic rings. The normalized spacial score (nSPS) is 16.0. The second-order valence-corrected chi connectivity index (χ2v) is 11.1. The van der Waals surface area contributed by atoms with Crippen LogP contribution in [0.1, 0.15) is 46.7 Å². The quantitative estimate of drug-likeness (QED) is 0.226. The Kier molecular flexibility index (Phi) is 5.49. The maximum Gasteiger partial charge on any atom is 0.0992 e. The first-order valence-electron chi connectivity index (χ1n) is 14.4. The highest BCUT2D eigenvalue weighted by Gasteiger charge is 2.28. The number of nitrogens with zero attached hydrogens (tertiary/aromatic N) is 4. The summed E-state index contributed by atoms with van der Waals surface area (Å²) in [6, 6.07) is 33.9. The first kappa shape index (κ1) is 24.2. The van der Waals surface area contributed by atoms with Gasteiger partial charge in [0.2, 0.25) is 0 Å². The van der Waals surface area contributed by atoms with E-state index in [0.29, 0.717) is 11.1 Å². The minimum atomic E-state index is 0.103. The van der Waals surface area contributed by atoms with Gasteiger partial charge in [0.25, 0.3) is 0 Å². The Morgan fingerprint density at radius 2 is 1.52 bits per heavy atom. The van der Waals surface area contributed by atoms with Crippen molar-refractivity contribution in [1.29, 1.82) is 10.5 Å². The highest BCUT2D eigenvalue weighted by atomic mass is 15.0. The summed E-state index contributed by atoms with van der Waals surface area (Å²) in [4.78, 5) is 0. The largest absolute Gasteiger partial charge is 0.313 e. The van der Waals surface area contributed by atoms with Gasteiger partial charge in [-0.05, 0) is 85.0 Å². The summed E-state index contributed by atoms with van der Waals surface area (Å²) in [6.07, 6.45) is 14.1. The van der Waals surface area contributed by atoms with Crippen LogP contribution in [0, 0.1) is 22.7 Å². The SMILES string of the molecule is N#Cc1cccc(-n2c3ccccc3c3cccc(C4CC=CC=C4n4c5c(c6cc(C#N)ccc64)CCC=C5)c32)c1. The number of benzene rings is 4. The number of fused-ring (bicyclic) bond motifs is 6. The van der Waals surface area contributed by atoms with Crippen LogP contribution in [0.3, 0.4) is 0 Å². The fourth-order valence-electron chi connectivity index (χ4n) is 7.03. The average Bonchev–Trinajstić information content (AvgIpc) is 3.57. The Hall–Kier alpha value is -5.58. The molecular formula is C38H26N4. The third kappa shape index (κ3) is 3.53. The van der Waals surface area contributed by atoms with Gasteiger partial charge in [-0.2, -0.15) is 10.5 Å². The molecule has 2 aromatic heterocycles. The second-order valence-electron chi connectivity index (χ2n) is 11.1. The fraction of sp³-hybridized carbons (Fsp3) is 0.105. The smallest absolute Gasteiger partial charge is 0.0992 e. The van der Waals surface area contributed by atoms with Gasteiger partial charge in [0.1, 0.15) is 0 Å². The van der Waals surface area contributed by atoms with E-state index < -0.39 is 0 Å². The summed E-state index contributed by atoms with van der Waals surface area (Å²) in [6.45, 7) is 0. The molecule has 8 rings (SSSR count). The van der Waals surface area contributed by atoms with E-state index in [-0.39, 0.29) is 5.92 Å².